The fourth-order valence-corrected chi connectivity index (χ4v) is 3.14. The maximum absolute atomic E-state index is 12.8. The summed E-state index contributed by atoms with van der Waals surface area (Å²) in [6.07, 6.45) is 1.62. The number of rotatable bonds is 6. The number of carbonyl (C=O) groups excluding carboxylic acids is 1. The second-order valence-electron chi connectivity index (χ2n) is 6.50. The number of ether oxygens (including phenoxy) is 1. The lowest BCUT2D eigenvalue weighted by Crippen LogP contribution is -2.27. The molecule has 0 unspecified atom stereocenters. The van der Waals surface area contributed by atoms with Gasteiger partial charge in [-0.2, -0.15) is 9.78 Å². The molecular formula is C21H19ClN6O2. The largest absolute Gasteiger partial charge is 0.383 e. The molecule has 0 aliphatic carbocycles. The molecule has 1 amide bonds. The van der Waals surface area contributed by atoms with E-state index in [-0.39, 0.29) is 17.3 Å². The fraction of sp³-hybridized carbons (Fsp3) is 0.143. The summed E-state index contributed by atoms with van der Waals surface area (Å²) < 4.78 is 6.42. The highest BCUT2D eigenvalue weighted by atomic mass is 35.5. The number of amides is 1. The van der Waals surface area contributed by atoms with Crippen LogP contribution in [-0.2, 0) is 4.74 Å². The van der Waals surface area contributed by atoms with E-state index in [2.05, 4.69) is 20.4 Å². The van der Waals surface area contributed by atoms with Crippen molar-refractivity contribution in [1.29, 1.82) is 0 Å². The average molecular weight is 423 g/mol. The predicted molar refractivity (Wildman–Crippen MR) is 118 cm³/mol. The van der Waals surface area contributed by atoms with Gasteiger partial charge in [0.2, 0.25) is 0 Å². The summed E-state index contributed by atoms with van der Waals surface area (Å²) >= 11 is 5.94. The molecule has 0 atom stereocenters. The molecule has 0 saturated heterocycles. The van der Waals surface area contributed by atoms with Gasteiger partial charge in [0, 0.05) is 18.7 Å². The van der Waals surface area contributed by atoms with Crippen LogP contribution in [0.15, 0.2) is 53.6 Å². The van der Waals surface area contributed by atoms with Gasteiger partial charge in [-0.05, 0) is 29.8 Å². The number of halogens is 1. The molecule has 2 heterocycles. The predicted octanol–water partition coefficient (Wildman–Crippen LogP) is 3.08. The topological polar surface area (TPSA) is 107 Å². The molecule has 9 heteroatoms. The highest BCUT2D eigenvalue weighted by Crippen LogP contribution is 2.27. The second kappa shape index (κ2) is 8.48. The number of methoxy groups -OCH3 is 1. The first-order chi connectivity index (χ1) is 14.6. The molecule has 4 rings (SSSR count). The van der Waals surface area contributed by atoms with E-state index in [0.29, 0.717) is 40.4 Å². The maximum Gasteiger partial charge on any atom is 0.257 e. The van der Waals surface area contributed by atoms with Crippen LogP contribution < -0.4 is 11.1 Å². The van der Waals surface area contributed by atoms with Crippen molar-refractivity contribution in [3.63, 3.8) is 0 Å². The number of carbonyl (C=O) groups is 1. The number of hydrogen-bond donors (Lipinski definition) is 2. The van der Waals surface area contributed by atoms with Crippen molar-refractivity contribution >= 4 is 51.7 Å². The van der Waals surface area contributed by atoms with Crippen molar-refractivity contribution in [2.45, 2.75) is 0 Å². The third-order valence-corrected chi connectivity index (χ3v) is 4.74. The van der Waals surface area contributed by atoms with Crippen LogP contribution in [0, 0.1) is 0 Å². The Bertz CT molecular complexity index is 1250. The number of para-hydroxylation sites is 2. The van der Waals surface area contributed by atoms with Gasteiger partial charge in [0.25, 0.3) is 5.91 Å². The molecule has 0 spiro atoms. The molecule has 2 aromatic heterocycles. The SMILES string of the molecule is COCCNC(=O)c1c(N)n(/N=C\c2ccc(Cl)cc2)c2nc3ccccc3nc12. The van der Waals surface area contributed by atoms with Gasteiger partial charge in [0.1, 0.15) is 16.9 Å². The van der Waals surface area contributed by atoms with Crippen molar-refractivity contribution in [3.05, 3.63) is 64.7 Å². The van der Waals surface area contributed by atoms with Crippen molar-refractivity contribution in [2.24, 2.45) is 5.10 Å². The number of benzene rings is 2. The minimum atomic E-state index is -0.362. The minimum absolute atomic E-state index is 0.153. The zero-order valence-corrected chi connectivity index (χ0v) is 16.9. The molecule has 30 heavy (non-hydrogen) atoms. The van der Waals surface area contributed by atoms with E-state index < -0.39 is 0 Å². The van der Waals surface area contributed by atoms with Crippen molar-refractivity contribution in [2.75, 3.05) is 26.0 Å². The molecule has 152 valence electrons. The van der Waals surface area contributed by atoms with E-state index in [0.717, 1.165) is 5.56 Å². The van der Waals surface area contributed by atoms with E-state index in [4.69, 9.17) is 22.1 Å². The van der Waals surface area contributed by atoms with Crippen LogP contribution in [0.4, 0.5) is 5.82 Å². The first-order valence-corrected chi connectivity index (χ1v) is 9.60. The summed E-state index contributed by atoms with van der Waals surface area (Å²) in [6, 6.07) is 14.6. The normalized spacial score (nSPS) is 11.5. The summed E-state index contributed by atoms with van der Waals surface area (Å²) in [7, 11) is 1.56. The first kappa shape index (κ1) is 19.8. The Morgan fingerprint density at radius 2 is 1.90 bits per heavy atom. The molecule has 8 nitrogen and oxygen atoms in total. The minimum Gasteiger partial charge on any atom is -0.383 e. The van der Waals surface area contributed by atoms with E-state index in [1.807, 2.05) is 36.4 Å². The summed E-state index contributed by atoms with van der Waals surface area (Å²) in [4.78, 5) is 22.1. The van der Waals surface area contributed by atoms with Gasteiger partial charge < -0.3 is 15.8 Å². The van der Waals surface area contributed by atoms with Gasteiger partial charge in [-0.3, -0.25) is 4.79 Å². The third-order valence-electron chi connectivity index (χ3n) is 4.48. The summed E-state index contributed by atoms with van der Waals surface area (Å²) in [5.41, 5.74) is 9.50. The summed E-state index contributed by atoms with van der Waals surface area (Å²) in [6.45, 7) is 0.726. The fourth-order valence-electron chi connectivity index (χ4n) is 3.02. The Balaban J connectivity index is 1.85. The van der Waals surface area contributed by atoms with Gasteiger partial charge in [-0.25, -0.2) is 9.97 Å². The lowest BCUT2D eigenvalue weighted by molar-refractivity contribution is 0.0939. The van der Waals surface area contributed by atoms with Gasteiger partial charge in [0.15, 0.2) is 5.65 Å². The van der Waals surface area contributed by atoms with E-state index in [9.17, 15) is 4.79 Å². The molecule has 0 fully saturated rings. The zero-order valence-electron chi connectivity index (χ0n) is 16.2. The number of aromatic nitrogens is 3. The molecule has 0 bridgehead atoms. The van der Waals surface area contributed by atoms with Gasteiger partial charge in [0.05, 0.1) is 23.9 Å². The molecule has 0 radical (unpaired) electrons. The van der Waals surface area contributed by atoms with Gasteiger partial charge >= 0.3 is 0 Å². The highest BCUT2D eigenvalue weighted by Gasteiger charge is 2.23. The molecule has 0 aliphatic heterocycles. The van der Waals surface area contributed by atoms with E-state index in [1.54, 1.807) is 25.5 Å². The van der Waals surface area contributed by atoms with Crippen LogP contribution in [0.5, 0.6) is 0 Å². The Kier molecular flexibility index (Phi) is 5.60. The van der Waals surface area contributed by atoms with Crippen LogP contribution in [0.3, 0.4) is 0 Å². The standard InChI is InChI=1S/C21H19ClN6O2/c1-30-11-10-24-21(29)17-18-20(27-16-5-3-2-4-15(16)26-18)28(19(17)23)25-12-13-6-8-14(22)9-7-13/h2-9,12H,10-11,23H2,1H3,(H,24,29)/b25-12-. The van der Waals surface area contributed by atoms with Gasteiger partial charge in [-0.15, -0.1) is 0 Å². The van der Waals surface area contributed by atoms with E-state index in [1.165, 1.54) is 4.68 Å². The van der Waals surface area contributed by atoms with E-state index >= 15 is 0 Å². The number of hydrogen-bond acceptors (Lipinski definition) is 6. The van der Waals surface area contributed by atoms with Gasteiger partial charge in [-0.1, -0.05) is 35.9 Å². The smallest absolute Gasteiger partial charge is 0.257 e. The molecule has 3 N–H and O–H groups in total. The van der Waals surface area contributed by atoms with Crippen LogP contribution in [0.2, 0.25) is 5.02 Å². The number of nitrogens with one attached hydrogen (secondary N) is 1. The van der Waals surface area contributed by atoms with Crippen molar-refractivity contribution in [1.82, 2.24) is 20.0 Å². The van der Waals surface area contributed by atoms with Crippen LogP contribution >= 0.6 is 11.6 Å². The summed E-state index contributed by atoms with van der Waals surface area (Å²) in [5.74, 6) is -0.208. The summed E-state index contributed by atoms with van der Waals surface area (Å²) in [5, 5.41) is 7.87. The van der Waals surface area contributed by atoms with Crippen molar-refractivity contribution in [3.8, 4) is 0 Å². The lowest BCUT2D eigenvalue weighted by atomic mass is 10.2. The number of nitrogens with zero attached hydrogens (tertiary/aromatic N) is 4. The second-order valence-corrected chi connectivity index (χ2v) is 6.94. The maximum atomic E-state index is 12.8. The molecular weight excluding hydrogens is 404 g/mol. The van der Waals surface area contributed by atoms with Crippen molar-refractivity contribution < 1.29 is 9.53 Å². The number of anilines is 1. The average Bonchev–Trinajstić information content (AvgIpc) is 3.02. The highest BCUT2D eigenvalue weighted by molar-refractivity contribution is 6.30. The number of nitrogens with two attached hydrogens (primary N) is 1. The Morgan fingerprint density at radius 3 is 2.60 bits per heavy atom. The Morgan fingerprint density at radius 1 is 1.20 bits per heavy atom. The molecule has 2 aromatic carbocycles. The Hall–Kier alpha value is -3.49. The van der Waals surface area contributed by atoms with Crippen LogP contribution in [-0.4, -0.2) is 47.0 Å². The molecule has 0 aliphatic rings. The zero-order chi connectivity index (χ0) is 21.1. The third kappa shape index (κ3) is 3.83. The number of nitrogen functional groups attached to an aromatic ring is 1. The first-order valence-electron chi connectivity index (χ1n) is 9.22. The lowest BCUT2D eigenvalue weighted by Gasteiger charge is -2.04. The monoisotopic (exact) mass is 422 g/mol. The Labute approximate surface area is 177 Å². The number of fused-ring (bicyclic) bond motifs is 2. The quantitative estimate of drug-likeness (QED) is 0.366. The van der Waals surface area contributed by atoms with Crippen LogP contribution in [0.1, 0.15) is 15.9 Å². The van der Waals surface area contributed by atoms with Crippen LogP contribution in [0.25, 0.3) is 22.2 Å². The molecule has 0 saturated carbocycles. The molecule has 4 aromatic rings.